The molecule has 3 aromatic carbocycles. The Morgan fingerprint density at radius 1 is 0.839 bits per heavy atom. The molecule has 0 radical (unpaired) electrons. The van der Waals surface area contributed by atoms with Crippen LogP contribution >= 0.6 is 23.2 Å². The predicted octanol–water partition coefficient (Wildman–Crippen LogP) is 7.59. The van der Waals surface area contributed by atoms with Gasteiger partial charge in [-0.05, 0) is 85.2 Å². The van der Waals surface area contributed by atoms with E-state index in [0.717, 1.165) is 42.7 Å². The smallest absolute Gasteiger partial charge is 0.260 e. The molecule has 6 unspecified atom stereocenters. The van der Waals surface area contributed by atoms with Crippen molar-refractivity contribution in [2.75, 3.05) is 26.8 Å². The number of allylic oxidation sites excluding steroid dienone is 3. The van der Waals surface area contributed by atoms with Crippen LogP contribution in [-0.4, -0.2) is 66.0 Å². The number of nitrogens with one attached hydrogen (secondary N) is 1. The number of phenolic OH excluding ortho intramolecular Hbond substituents is 1. The molecule has 2 aliphatic heterocycles. The van der Waals surface area contributed by atoms with Crippen LogP contribution < -0.4 is 19.6 Å². The van der Waals surface area contributed by atoms with Crippen LogP contribution in [-0.2, 0) is 24.6 Å². The molecule has 3 aliphatic carbocycles. The molecular formula is C43H43Cl2N3O8. The van der Waals surface area contributed by atoms with Gasteiger partial charge < -0.3 is 19.3 Å². The second kappa shape index (κ2) is 14.8. The van der Waals surface area contributed by atoms with E-state index in [4.69, 9.17) is 37.4 Å². The van der Waals surface area contributed by atoms with Gasteiger partial charge >= 0.3 is 0 Å². The maximum absolute atomic E-state index is 15.4. The molecule has 0 spiro atoms. The third-order valence-corrected chi connectivity index (χ3v) is 13.1. The number of rotatable bonds is 9. The summed E-state index contributed by atoms with van der Waals surface area (Å²) in [6.45, 7) is 0. The van der Waals surface area contributed by atoms with Crippen LogP contribution in [0.25, 0.3) is 6.08 Å². The van der Waals surface area contributed by atoms with Crippen molar-refractivity contribution in [2.24, 2.45) is 29.6 Å². The zero-order chi connectivity index (χ0) is 39.5. The summed E-state index contributed by atoms with van der Waals surface area (Å²) in [5.41, 5.74) is 3.85. The average Bonchev–Trinajstić information content (AvgIpc) is 3.59. The minimum Gasteiger partial charge on any atom is -0.502 e. The van der Waals surface area contributed by atoms with E-state index in [9.17, 15) is 19.5 Å². The van der Waals surface area contributed by atoms with Crippen molar-refractivity contribution in [2.45, 2.75) is 56.4 Å². The summed E-state index contributed by atoms with van der Waals surface area (Å²) in [6, 6.07) is 15.1. The van der Waals surface area contributed by atoms with Gasteiger partial charge in [-0.3, -0.25) is 29.5 Å². The van der Waals surface area contributed by atoms with Crippen molar-refractivity contribution in [1.82, 2.24) is 9.91 Å². The van der Waals surface area contributed by atoms with E-state index < -0.39 is 46.8 Å². The number of likely N-dealkylation sites (tertiary alicyclic amines) is 1. The van der Waals surface area contributed by atoms with Crippen LogP contribution in [0.5, 0.6) is 23.0 Å². The topological polar surface area (TPSA) is 135 Å². The van der Waals surface area contributed by atoms with Crippen LogP contribution in [0.3, 0.4) is 0 Å². The Balaban J connectivity index is 1.31. The molecule has 292 valence electrons. The van der Waals surface area contributed by atoms with Gasteiger partial charge in [-0.1, -0.05) is 78.4 Å². The number of anilines is 1. The number of benzene rings is 3. The first-order valence-corrected chi connectivity index (χ1v) is 19.7. The van der Waals surface area contributed by atoms with Crippen LogP contribution in [0, 0.1) is 29.6 Å². The van der Waals surface area contributed by atoms with Crippen molar-refractivity contribution < 1.29 is 38.5 Å². The Hall–Kier alpha value is -5.00. The Kier molecular flexibility index (Phi) is 10.0. The summed E-state index contributed by atoms with van der Waals surface area (Å²) < 4.78 is 16.4. The number of hydrogen-bond donors (Lipinski definition) is 2. The SMILES string of the molecule is COc1ccc(C23C(=O)N(Nc4ccc(Cl)cc4Cl)C(=O)C2CC2C(=CCC4C(=O)N(C5CCCCC5)C(=O)C42)C3C=Cc2cc(OC)c(O)c(OC)c2)cc1. The number of halogens is 2. The maximum Gasteiger partial charge on any atom is 0.260 e. The fraction of sp³-hybridized carbons (Fsp3) is 0.395. The van der Waals surface area contributed by atoms with Gasteiger partial charge in [0.25, 0.3) is 11.8 Å². The van der Waals surface area contributed by atoms with Crippen LogP contribution in [0.1, 0.15) is 56.1 Å². The lowest BCUT2D eigenvalue weighted by atomic mass is 9.50. The highest BCUT2D eigenvalue weighted by Crippen LogP contribution is 2.62. The lowest BCUT2D eigenvalue weighted by molar-refractivity contribution is -0.144. The molecular weight excluding hydrogens is 757 g/mol. The van der Waals surface area contributed by atoms with Gasteiger partial charge in [0.1, 0.15) is 5.75 Å². The molecule has 11 nitrogen and oxygen atoms in total. The molecule has 4 fully saturated rings. The molecule has 0 bridgehead atoms. The van der Waals surface area contributed by atoms with Gasteiger partial charge in [0, 0.05) is 17.0 Å². The number of carbonyl (C=O) groups excluding carboxylic acids is 4. The molecule has 2 heterocycles. The molecule has 13 heteroatoms. The number of ether oxygens (including phenoxy) is 3. The van der Waals surface area contributed by atoms with E-state index in [-0.39, 0.29) is 46.5 Å². The average molecular weight is 801 g/mol. The first-order valence-electron chi connectivity index (χ1n) is 19.0. The molecule has 2 saturated carbocycles. The fourth-order valence-electron chi connectivity index (χ4n) is 10.0. The minimum atomic E-state index is -1.50. The Bertz CT molecular complexity index is 2140. The Labute approximate surface area is 335 Å². The number of methoxy groups -OCH3 is 3. The van der Waals surface area contributed by atoms with Gasteiger partial charge in [0.15, 0.2) is 11.5 Å². The van der Waals surface area contributed by atoms with E-state index in [1.807, 2.05) is 30.4 Å². The van der Waals surface area contributed by atoms with Gasteiger partial charge in [-0.2, -0.15) is 5.01 Å². The van der Waals surface area contributed by atoms with Crippen molar-refractivity contribution in [3.05, 3.63) is 93.5 Å². The first-order chi connectivity index (χ1) is 27.0. The van der Waals surface area contributed by atoms with E-state index in [1.165, 1.54) is 25.2 Å². The molecule has 8 rings (SSSR count). The third kappa shape index (κ3) is 5.93. The summed E-state index contributed by atoms with van der Waals surface area (Å²) in [7, 11) is 4.43. The largest absolute Gasteiger partial charge is 0.502 e. The Morgan fingerprint density at radius 3 is 2.18 bits per heavy atom. The molecule has 3 aromatic rings. The summed E-state index contributed by atoms with van der Waals surface area (Å²) in [6.07, 6.45) is 10.8. The third-order valence-electron chi connectivity index (χ3n) is 12.6. The Morgan fingerprint density at radius 2 is 1.54 bits per heavy atom. The highest BCUT2D eigenvalue weighted by atomic mass is 35.5. The monoisotopic (exact) mass is 799 g/mol. The molecule has 5 aliphatic rings. The molecule has 56 heavy (non-hydrogen) atoms. The number of hydrazine groups is 1. The molecule has 2 saturated heterocycles. The zero-order valence-corrected chi connectivity index (χ0v) is 32.8. The van der Waals surface area contributed by atoms with Gasteiger partial charge in [0.2, 0.25) is 17.6 Å². The van der Waals surface area contributed by atoms with Crippen molar-refractivity contribution in [3.8, 4) is 23.0 Å². The summed E-state index contributed by atoms with van der Waals surface area (Å²) in [4.78, 5) is 60.6. The van der Waals surface area contributed by atoms with Gasteiger partial charge in [-0.25, -0.2) is 0 Å². The lowest BCUT2D eigenvalue weighted by Crippen LogP contribution is -2.54. The highest BCUT2D eigenvalue weighted by Gasteiger charge is 2.69. The zero-order valence-electron chi connectivity index (χ0n) is 31.3. The van der Waals surface area contributed by atoms with Crippen molar-refractivity contribution in [1.29, 1.82) is 0 Å². The maximum atomic E-state index is 15.4. The summed E-state index contributed by atoms with van der Waals surface area (Å²) in [5, 5.41) is 12.3. The standard InChI is InChI=1S/C43H43Cl2N3O8/c1-54-27-13-10-24(11-14-27)43-31(17-9-23-19-35(55-2)38(49)36(20-23)56-3)28-15-16-29-37(41(52)47(39(29)50)26-7-5-4-6-8-26)30(28)22-32(43)40(51)48(42(43)53)46-34-18-12-25(44)21-33(34)45/h9-15,17-21,26,29-32,37,46,49H,4-8,16,22H2,1-3H3. The number of phenols is 1. The quantitative estimate of drug-likeness (QED) is 0.166. The number of fused-ring (bicyclic) bond motifs is 4. The van der Waals surface area contributed by atoms with Crippen LogP contribution in [0.2, 0.25) is 10.0 Å². The van der Waals surface area contributed by atoms with E-state index in [0.29, 0.717) is 34.0 Å². The molecule has 2 N–H and O–H groups in total. The van der Waals surface area contributed by atoms with E-state index >= 15 is 4.79 Å². The minimum absolute atomic E-state index is 0.131. The van der Waals surface area contributed by atoms with Crippen molar-refractivity contribution >= 4 is 58.6 Å². The summed E-state index contributed by atoms with van der Waals surface area (Å²) in [5.74, 6) is -3.94. The number of carbonyl (C=O) groups is 4. The molecule has 0 aromatic heterocycles. The number of nitrogens with zero attached hydrogens (tertiary/aromatic N) is 2. The van der Waals surface area contributed by atoms with E-state index in [2.05, 4.69) is 5.43 Å². The van der Waals surface area contributed by atoms with Gasteiger partial charge in [0.05, 0.1) is 55.2 Å². The molecule has 4 amide bonds. The van der Waals surface area contributed by atoms with Crippen LogP contribution in [0.15, 0.2) is 72.3 Å². The predicted molar refractivity (Wildman–Crippen MR) is 210 cm³/mol. The lowest BCUT2D eigenvalue weighted by Gasteiger charge is -2.49. The number of hydrogen-bond acceptors (Lipinski definition) is 9. The molecule has 6 atom stereocenters. The highest BCUT2D eigenvalue weighted by molar-refractivity contribution is 6.36. The fourth-order valence-corrected chi connectivity index (χ4v) is 10.5. The number of aromatic hydroxyl groups is 1. The van der Waals surface area contributed by atoms with Gasteiger partial charge in [-0.15, -0.1) is 0 Å². The number of imide groups is 2. The normalized spacial score (nSPS) is 27.6. The van der Waals surface area contributed by atoms with Crippen molar-refractivity contribution in [3.63, 3.8) is 0 Å². The first kappa shape index (κ1) is 37.9. The second-order valence-corrected chi connectivity index (χ2v) is 16.1. The number of amides is 4. The van der Waals surface area contributed by atoms with Crippen LogP contribution in [0.4, 0.5) is 5.69 Å². The summed E-state index contributed by atoms with van der Waals surface area (Å²) >= 11 is 12.8. The second-order valence-electron chi connectivity index (χ2n) is 15.2. The van der Waals surface area contributed by atoms with E-state index in [1.54, 1.807) is 43.5 Å².